The molecule has 0 bridgehead atoms. The van der Waals surface area contributed by atoms with Gasteiger partial charge in [-0.25, -0.2) is 4.98 Å². The Balaban J connectivity index is 1.26. The Kier molecular flexibility index (Phi) is 8.28. The van der Waals surface area contributed by atoms with Gasteiger partial charge < -0.3 is 20.7 Å². The van der Waals surface area contributed by atoms with Crippen LogP contribution < -0.4 is 16.0 Å². The maximum Gasteiger partial charge on any atom is 0.309 e. The molecule has 1 aliphatic rings. The number of amides is 2. The van der Waals surface area contributed by atoms with Crippen molar-refractivity contribution in [2.75, 3.05) is 24.6 Å². The fourth-order valence-electron chi connectivity index (χ4n) is 4.34. The lowest BCUT2D eigenvalue weighted by molar-refractivity contribution is -0.153. The molecule has 1 unspecified atom stereocenters. The Hall–Kier alpha value is -4.20. The molecule has 1 aliphatic heterocycles. The second-order valence-electron chi connectivity index (χ2n) is 8.86. The lowest BCUT2D eigenvalue weighted by Crippen LogP contribution is -2.39. The summed E-state index contributed by atoms with van der Waals surface area (Å²) in [6, 6.07) is 22.9. The Morgan fingerprint density at radius 2 is 1.64 bits per heavy atom. The van der Waals surface area contributed by atoms with E-state index in [1.807, 2.05) is 60.7 Å². The SMILES string of the molecule is NC(=O)c1ccc(N2CCC(C(=O)OCC(=O)NC(Cc3ccccc3)c3ccccc3)CC2)nc1. The number of pyridine rings is 1. The van der Waals surface area contributed by atoms with E-state index in [-0.39, 0.29) is 30.4 Å². The number of esters is 1. The lowest BCUT2D eigenvalue weighted by Gasteiger charge is -2.31. The molecule has 2 heterocycles. The Bertz CT molecular complexity index is 1160. The van der Waals surface area contributed by atoms with Crippen LogP contribution in [0.2, 0.25) is 0 Å². The molecule has 3 aromatic rings. The summed E-state index contributed by atoms with van der Waals surface area (Å²) in [5.41, 5.74) is 7.71. The van der Waals surface area contributed by atoms with Gasteiger partial charge in [0, 0.05) is 19.3 Å². The summed E-state index contributed by atoms with van der Waals surface area (Å²) in [6.45, 7) is 0.942. The number of ether oxygens (including phenoxy) is 1. The number of hydrogen-bond acceptors (Lipinski definition) is 6. The van der Waals surface area contributed by atoms with Crippen molar-refractivity contribution in [3.05, 3.63) is 95.7 Å². The van der Waals surface area contributed by atoms with Crippen LogP contribution in [0.5, 0.6) is 0 Å². The lowest BCUT2D eigenvalue weighted by atomic mass is 9.97. The normalized spacial score (nSPS) is 14.6. The van der Waals surface area contributed by atoms with Crippen LogP contribution in [-0.4, -0.2) is 42.5 Å². The van der Waals surface area contributed by atoms with Crippen molar-refractivity contribution in [2.45, 2.75) is 25.3 Å². The highest BCUT2D eigenvalue weighted by atomic mass is 16.5. The minimum atomic E-state index is -0.519. The van der Waals surface area contributed by atoms with Crippen LogP contribution in [0.15, 0.2) is 79.0 Å². The van der Waals surface area contributed by atoms with Crippen LogP contribution in [0.1, 0.15) is 40.4 Å². The van der Waals surface area contributed by atoms with Gasteiger partial charge in [0.05, 0.1) is 17.5 Å². The van der Waals surface area contributed by atoms with Gasteiger partial charge in [0.1, 0.15) is 5.82 Å². The number of nitrogens with two attached hydrogens (primary N) is 1. The molecule has 1 fully saturated rings. The molecular formula is C28H30N4O4. The maximum absolute atomic E-state index is 12.7. The molecule has 1 saturated heterocycles. The molecule has 0 spiro atoms. The van der Waals surface area contributed by atoms with Gasteiger partial charge in [-0.2, -0.15) is 0 Å². The van der Waals surface area contributed by atoms with Crippen molar-refractivity contribution in [1.29, 1.82) is 0 Å². The summed E-state index contributed by atoms with van der Waals surface area (Å²) >= 11 is 0. The average Bonchev–Trinajstić information content (AvgIpc) is 2.92. The number of carbonyl (C=O) groups is 3. The average molecular weight is 487 g/mol. The van der Waals surface area contributed by atoms with Crippen molar-refractivity contribution < 1.29 is 19.1 Å². The van der Waals surface area contributed by atoms with Gasteiger partial charge in [-0.15, -0.1) is 0 Å². The third kappa shape index (κ3) is 6.69. The molecule has 186 valence electrons. The standard InChI is InChI=1S/C28H30N4O4/c29-27(34)23-11-12-25(30-18-23)32-15-13-22(14-16-32)28(35)36-19-26(33)31-24(21-9-5-2-6-10-21)17-20-7-3-1-4-8-20/h1-12,18,22,24H,13-17,19H2,(H2,29,34)(H,31,33). The number of carbonyl (C=O) groups excluding carboxylic acids is 3. The van der Waals surface area contributed by atoms with Crippen LogP contribution in [0.3, 0.4) is 0 Å². The number of benzene rings is 2. The highest BCUT2D eigenvalue weighted by Gasteiger charge is 2.27. The molecular weight excluding hydrogens is 456 g/mol. The molecule has 1 atom stereocenters. The number of nitrogens with one attached hydrogen (secondary N) is 1. The fourth-order valence-corrected chi connectivity index (χ4v) is 4.34. The van der Waals surface area contributed by atoms with Crippen LogP contribution in [0.4, 0.5) is 5.82 Å². The minimum Gasteiger partial charge on any atom is -0.455 e. The molecule has 0 radical (unpaired) electrons. The predicted molar refractivity (Wildman–Crippen MR) is 136 cm³/mol. The molecule has 8 nitrogen and oxygen atoms in total. The van der Waals surface area contributed by atoms with Gasteiger partial charge in [0.15, 0.2) is 6.61 Å². The number of piperidine rings is 1. The van der Waals surface area contributed by atoms with Gasteiger partial charge in [0.2, 0.25) is 5.91 Å². The predicted octanol–water partition coefficient (Wildman–Crippen LogP) is 3.04. The minimum absolute atomic E-state index is 0.225. The monoisotopic (exact) mass is 486 g/mol. The van der Waals surface area contributed by atoms with Gasteiger partial charge in [-0.05, 0) is 42.5 Å². The molecule has 2 amide bonds. The van der Waals surface area contributed by atoms with Crippen molar-refractivity contribution in [3.63, 3.8) is 0 Å². The van der Waals surface area contributed by atoms with E-state index in [1.54, 1.807) is 12.1 Å². The Morgan fingerprint density at radius 3 is 2.25 bits per heavy atom. The van der Waals surface area contributed by atoms with Crippen LogP contribution in [-0.2, 0) is 20.7 Å². The number of hydrogen-bond donors (Lipinski definition) is 2. The summed E-state index contributed by atoms with van der Waals surface area (Å²) < 4.78 is 5.38. The van der Waals surface area contributed by atoms with Gasteiger partial charge in [-0.3, -0.25) is 14.4 Å². The van der Waals surface area contributed by atoms with Gasteiger partial charge in [0.25, 0.3) is 5.91 Å². The van der Waals surface area contributed by atoms with E-state index in [0.29, 0.717) is 37.9 Å². The molecule has 2 aromatic carbocycles. The number of anilines is 1. The number of rotatable bonds is 9. The fraction of sp³-hybridized carbons (Fsp3) is 0.286. The summed E-state index contributed by atoms with van der Waals surface area (Å²) in [5, 5.41) is 3.02. The van der Waals surface area contributed by atoms with Crippen molar-refractivity contribution >= 4 is 23.6 Å². The van der Waals surface area contributed by atoms with Crippen LogP contribution in [0, 0.1) is 5.92 Å². The molecule has 8 heteroatoms. The molecule has 36 heavy (non-hydrogen) atoms. The highest BCUT2D eigenvalue weighted by molar-refractivity contribution is 5.92. The Morgan fingerprint density at radius 1 is 0.972 bits per heavy atom. The van der Waals surface area contributed by atoms with Crippen LogP contribution >= 0.6 is 0 Å². The van der Waals surface area contributed by atoms with E-state index in [2.05, 4.69) is 15.2 Å². The van der Waals surface area contributed by atoms with Gasteiger partial charge >= 0.3 is 5.97 Å². The quantitative estimate of drug-likeness (QED) is 0.450. The summed E-state index contributed by atoms with van der Waals surface area (Å²) in [4.78, 5) is 42.9. The zero-order valence-electron chi connectivity index (χ0n) is 20.0. The summed E-state index contributed by atoms with van der Waals surface area (Å²) in [7, 11) is 0. The third-order valence-electron chi connectivity index (χ3n) is 6.35. The first-order chi connectivity index (χ1) is 17.5. The third-order valence-corrected chi connectivity index (χ3v) is 6.35. The van der Waals surface area contributed by atoms with Crippen LogP contribution in [0.25, 0.3) is 0 Å². The highest BCUT2D eigenvalue weighted by Crippen LogP contribution is 2.23. The molecule has 4 rings (SSSR count). The van der Waals surface area contributed by atoms with Crippen molar-refractivity contribution in [3.8, 4) is 0 Å². The summed E-state index contributed by atoms with van der Waals surface area (Å²) in [5.74, 6) is -0.745. The number of primary amides is 1. The first kappa shape index (κ1) is 24.9. The smallest absolute Gasteiger partial charge is 0.309 e. The second-order valence-corrected chi connectivity index (χ2v) is 8.86. The van der Waals surface area contributed by atoms with E-state index < -0.39 is 5.91 Å². The molecule has 0 aliphatic carbocycles. The van der Waals surface area contributed by atoms with Crippen molar-refractivity contribution in [1.82, 2.24) is 10.3 Å². The van der Waals surface area contributed by atoms with E-state index in [1.165, 1.54) is 6.20 Å². The maximum atomic E-state index is 12.7. The van der Waals surface area contributed by atoms with E-state index in [4.69, 9.17) is 10.5 Å². The van der Waals surface area contributed by atoms with E-state index >= 15 is 0 Å². The zero-order valence-corrected chi connectivity index (χ0v) is 20.0. The van der Waals surface area contributed by atoms with E-state index in [9.17, 15) is 14.4 Å². The topological polar surface area (TPSA) is 115 Å². The zero-order chi connectivity index (χ0) is 25.3. The second kappa shape index (κ2) is 12.0. The summed E-state index contributed by atoms with van der Waals surface area (Å²) in [6.07, 6.45) is 3.29. The first-order valence-electron chi connectivity index (χ1n) is 12.1. The molecule has 3 N–H and O–H groups in total. The Labute approximate surface area is 210 Å². The molecule has 0 saturated carbocycles. The van der Waals surface area contributed by atoms with Crippen molar-refractivity contribution in [2.24, 2.45) is 11.7 Å². The molecule has 1 aromatic heterocycles. The first-order valence-corrected chi connectivity index (χ1v) is 12.1. The number of nitrogens with zero attached hydrogens (tertiary/aromatic N) is 2. The van der Waals surface area contributed by atoms with E-state index in [0.717, 1.165) is 16.9 Å². The number of aromatic nitrogens is 1. The van der Waals surface area contributed by atoms with Gasteiger partial charge in [-0.1, -0.05) is 60.7 Å². The largest absolute Gasteiger partial charge is 0.455 e.